The van der Waals surface area contributed by atoms with Crippen LogP contribution in [0.5, 0.6) is 11.5 Å². The number of carboxylic acids is 1. The fourth-order valence-corrected chi connectivity index (χ4v) is 6.37. The summed E-state index contributed by atoms with van der Waals surface area (Å²) < 4.78 is 31.3. The topological polar surface area (TPSA) is 167 Å². The first-order valence-corrected chi connectivity index (χ1v) is 12.4. The van der Waals surface area contributed by atoms with Crippen molar-refractivity contribution in [3.05, 3.63) is 35.1 Å². The Morgan fingerprint density at radius 3 is 2.59 bits per heavy atom. The monoisotopic (exact) mass is 547 g/mol. The molecule has 39 heavy (non-hydrogen) atoms. The van der Waals surface area contributed by atoms with Gasteiger partial charge in [0, 0.05) is 24.9 Å². The molecule has 6 atom stereocenters. The van der Waals surface area contributed by atoms with Crippen LogP contribution in [0.15, 0.2) is 24.0 Å². The zero-order chi connectivity index (χ0) is 28.3. The number of likely N-dealkylation sites (N-methyl/N-ethyl adjacent to an activating group) is 1. The molecular weight excluding hydrogens is 518 g/mol. The van der Waals surface area contributed by atoms with Gasteiger partial charge in [-0.1, -0.05) is 6.07 Å². The van der Waals surface area contributed by atoms with Gasteiger partial charge in [0.2, 0.25) is 0 Å². The fourth-order valence-electron chi connectivity index (χ4n) is 6.37. The fraction of sp³-hybridized carbons (Fsp3) is 0.538. The van der Waals surface area contributed by atoms with Gasteiger partial charge in [0.05, 0.1) is 18.1 Å². The summed E-state index contributed by atoms with van der Waals surface area (Å²) >= 11 is 0. The highest BCUT2D eigenvalue weighted by Gasteiger charge is 2.72. The largest absolute Gasteiger partial charge is 0.512 e. The first-order valence-electron chi connectivity index (χ1n) is 12.4. The van der Waals surface area contributed by atoms with Crippen molar-refractivity contribution in [3.8, 4) is 11.5 Å². The Labute approximate surface area is 223 Å². The molecule has 0 amide bonds. The molecule has 2 bridgehead atoms. The van der Waals surface area contributed by atoms with Gasteiger partial charge in [-0.3, -0.25) is 4.79 Å². The van der Waals surface area contributed by atoms with E-state index in [4.69, 9.17) is 24.1 Å². The van der Waals surface area contributed by atoms with E-state index in [-0.39, 0.29) is 18.2 Å². The molecule has 5 rings (SSSR count). The summed E-state index contributed by atoms with van der Waals surface area (Å²) in [4.78, 5) is 49.3. The summed E-state index contributed by atoms with van der Waals surface area (Å²) in [6.07, 6.45) is -3.19. The highest BCUT2D eigenvalue weighted by atomic mass is 16.8. The zero-order valence-corrected chi connectivity index (χ0v) is 21.8. The van der Waals surface area contributed by atoms with E-state index in [2.05, 4.69) is 14.4 Å². The third kappa shape index (κ3) is 3.98. The summed E-state index contributed by atoms with van der Waals surface area (Å²) in [5.74, 6) is -2.56. The third-order valence-electron chi connectivity index (χ3n) is 8.06. The van der Waals surface area contributed by atoms with Gasteiger partial charge in [0.1, 0.15) is 5.76 Å². The Morgan fingerprint density at radius 1 is 1.18 bits per heavy atom. The van der Waals surface area contributed by atoms with Crippen LogP contribution in [0.3, 0.4) is 0 Å². The molecule has 0 saturated carbocycles. The number of nitrogens with zero attached hydrogens (tertiary/aromatic N) is 1. The molecule has 1 spiro atoms. The van der Waals surface area contributed by atoms with E-state index in [9.17, 15) is 24.3 Å². The number of methoxy groups -OCH3 is 1. The van der Waals surface area contributed by atoms with Crippen molar-refractivity contribution in [1.29, 1.82) is 0 Å². The van der Waals surface area contributed by atoms with Crippen molar-refractivity contribution in [2.45, 2.75) is 68.7 Å². The molecule has 4 aliphatic rings. The predicted molar refractivity (Wildman–Crippen MR) is 128 cm³/mol. The molecular formula is C26H29NO12. The minimum Gasteiger partial charge on any atom is -0.493 e. The van der Waals surface area contributed by atoms with Crippen LogP contribution < -0.4 is 9.47 Å². The minimum atomic E-state index is -2.24. The molecule has 0 aromatic heterocycles. The number of aliphatic carboxylic acids is 1. The molecule has 1 fully saturated rings. The van der Waals surface area contributed by atoms with Crippen LogP contribution in [0, 0.1) is 0 Å². The molecule has 1 saturated heterocycles. The standard InChI is InChI=1S/C26H29NO12/c1-12(35-24(32)39-23(21(29)30)36-13(2)28)22(31)37-16-7-8-26(33)17-11-14-5-6-15(34-4)19-18(14)25(26,20(16)38-19)9-10-27(17)3/h5-7,12,17,20,23,33H,8-11H2,1-4H3,(H,29,30)/t12-,17+,20-,23-,25-,26+/m0/s1. The molecule has 13 nitrogen and oxygen atoms in total. The summed E-state index contributed by atoms with van der Waals surface area (Å²) in [5, 5.41) is 21.2. The van der Waals surface area contributed by atoms with Crippen LogP contribution in [0.2, 0.25) is 0 Å². The smallest absolute Gasteiger partial charge is 0.493 e. The molecule has 2 N–H and O–H groups in total. The lowest BCUT2D eigenvalue weighted by atomic mass is 9.50. The van der Waals surface area contributed by atoms with E-state index in [1.165, 1.54) is 14.0 Å². The summed E-state index contributed by atoms with van der Waals surface area (Å²) in [7, 11) is 3.50. The Morgan fingerprint density at radius 2 is 1.92 bits per heavy atom. The number of ether oxygens (including phenoxy) is 6. The van der Waals surface area contributed by atoms with E-state index < -0.39 is 53.6 Å². The number of likely N-dealkylation sites (tertiary alicyclic amines) is 1. The number of carbonyl (C=O) groups excluding carboxylic acids is 3. The molecule has 0 unspecified atom stereocenters. The first kappa shape index (κ1) is 26.8. The second-order valence-electron chi connectivity index (χ2n) is 10.1. The highest BCUT2D eigenvalue weighted by molar-refractivity contribution is 5.80. The van der Waals surface area contributed by atoms with Crippen molar-refractivity contribution >= 4 is 24.1 Å². The van der Waals surface area contributed by atoms with Crippen LogP contribution >= 0.6 is 0 Å². The first-order chi connectivity index (χ1) is 18.4. The lowest BCUT2D eigenvalue weighted by Crippen LogP contribution is -2.74. The molecule has 1 aromatic rings. The summed E-state index contributed by atoms with van der Waals surface area (Å²) in [6, 6.07) is 3.61. The summed E-state index contributed by atoms with van der Waals surface area (Å²) in [6.45, 7) is 2.83. The van der Waals surface area contributed by atoms with E-state index >= 15 is 0 Å². The van der Waals surface area contributed by atoms with Crippen molar-refractivity contribution in [1.82, 2.24) is 4.90 Å². The minimum absolute atomic E-state index is 0.159. The lowest BCUT2D eigenvalue weighted by molar-refractivity contribution is -0.190. The quantitative estimate of drug-likeness (QED) is 0.282. The van der Waals surface area contributed by atoms with Crippen LogP contribution in [0.1, 0.15) is 37.8 Å². The number of hydrogen-bond donors (Lipinski definition) is 2. The Kier molecular flexibility index (Phi) is 6.46. The van der Waals surface area contributed by atoms with Gasteiger partial charge in [-0.15, -0.1) is 0 Å². The van der Waals surface area contributed by atoms with Crippen LogP contribution in [0.25, 0.3) is 0 Å². The van der Waals surface area contributed by atoms with Crippen molar-refractivity contribution in [2.24, 2.45) is 0 Å². The maximum absolute atomic E-state index is 12.9. The molecule has 1 aromatic carbocycles. The normalized spacial score (nSPS) is 29.5. The maximum atomic E-state index is 12.9. The van der Waals surface area contributed by atoms with E-state index in [1.54, 1.807) is 6.08 Å². The lowest BCUT2D eigenvalue weighted by Gasteiger charge is -2.61. The number of esters is 2. The number of aliphatic hydroxyl groups is 1. The number of rotatable bonds is 7. The molecule has 2 heterocycles. The molecule has 2 aliphatic heterocycles. The number of carbonyl (C=O) groups is 4. The Hall–Kier alpha value is -3.84. The maximum Gasteiger partial charge on any atom is 0.512 e. The van der Waals surface area contributed by atoms with E-state index in [0.717, 1.165) is 18.1 Å². The van der Waals surface area contributed by atoms with Crippen molar-refractivity contribution < 1.29 is 57.8 Å². The Balaban J connectivity index is 1.38. The van der Waals surface area contributed by atoms with Crippen molar-refractivity contribution in [2.75, 3.05) is 20.7 Å². The molecule has 210 valence electrons. The van der Waals surface area contributed by atoms with Gasteiger partial charge in [0.25, 0.3) is 0 Å². The van der Waals surface area contributed by atoms with E-state index in [0.29, 0.717) is 30.9 Å². The van der Waals surface area contributed by atoms with Gasteiger partial charge in [-0.2, -0.15) is 0 Å². The Bertz CT molecular complexity index is 1280. The van der Waals surface area contributed by atoms with Crippen LogP contribution in [0.4, 0.5) is 4.79 Å². The number of piperidine rings is 1. The molecule has 2 aliphatic carbocycles. The zero-order valence-electron chi connectivity index (χ0n) is 21.8. The second-order valence-corrected chi connectivity index (χ2v) is 10.1. The van der Waals surface area contributed by atoms with Crippen LogP contribution in [-0.4, -0.2) is 90.0 Å². The van der Waals surface area contributed by atoms with Gasteiger partial charge in [-0.25, -0.2) is 14.4 Å². The molecule has 0 radical (unpaired) electrons. The number of benzene rings is 1. The van der Waals surface area contributed by atoms with Gasteiger partial charge in [0.15, 0.2) is 23.7 Å². The predicted octanol–water partition coefficient (Wildman–Crippen LogP) is 1.03. The van der Waals surface area contributed by atoms with Gasteiger partial charge in [-0.05, 0) is 51.1 Å². The van der Waals surface area contributed by atoms with Crippen LogP contribution in [-0.2, 0) is 45.2 Å². The van der Waals surface area contributed by atoms with Gasteiger partial charge < -0.3 is 43.5 Å². The number of carboxylic acid groups (broad SMARTS) is 1. The van der Waals surface area contributed by atoms with Gasteiger partial charge >= 0.3 is 30.4 Å². The van der Waals surface area contributed by atoms with E-state index in [1.807, 2.05) is 19.2 Å². The molecule has 13 heteroatoms. The third-order valence-corrected chi connectivity index (χ3v) is 8.06. The second kappa shape index (κ2) is 9.42. The number of hydrogen-bond acceptors (Lipinski definition) is 12. The average Bonchev–Trinajstić information content (AvgIpc) is 3.22. The SMILES string of the molecule is COc1ccc2c3c1O[C@H]1C(OC(=O)[C@H](C)OC(=O)O[C@H](OC(C)=O)C(=O)O)=CC[C@@]4(O)[C@@H](C2)N(C)CC[C@]314. The highest BCUT2D eigenvalue weighted by Crippen LogP contribution is 2.65. The summed E-state index contributed by atoms with van der Waals surface area (Å²) in [5.41, 5.74) is -0.200. The average molecular weight is 548 g/mol. The van der Waals surface area contributed by atoms with Crippen molar-refractivity contribution in [3.63, 3.8) is 0 Å².